The van der Waals surface area contributed by atoms with E-state index in [9.17, 15) is 23.9 Å². The third-order valence-corrected chi connectivity index (χ3v) is 5.58. The topological polar surface area (TPSA) is 137 Å². The minimum absolute atomic E-state index is 0.0839. The molecule has 37 heavy (non-hydrogen) atoms. The van der Waals surface area contributed by atoms with Crippen molar-refractivity contribution < 1.29 is 38.5 Å². The molecule has 0 saturated carbocycles. The monoisotopic (exact) mass is 519 g/mol. The molecule has 0 spiro atoms. The molecule has 3 unspecified atom stereocenters. The zero-order valence-electron chi connectivity index (χ0n) is 21.5. The maximum Gasteiger partial charge on any atom is 0.325 e. The molecule has 1 heterocycles. The standard InChI is InChI=1S/C24H28FN3O7.C2H6/c1-13-4-9-19(18(25)10-13)26-22(31)21(14(2)34-3)28-23(32)20(27-24(28)33)15-5-7-17(8-6-15)35-12-16(30)11-29;1-2/h4-10,14,16,20-21,29-30H,11-12H2,1-3H3,(H,26,31)(H,27,33);1-2H3/t14?,16?,20-,21?;/m1./s1. The second-order valence-corrected chi connectivity index (χ2v) is 8.17. The highest BCUT2D eigenvalue weighted by Gasteiger charge is 2.47. The van der Waals surface area contributed by atoms with Gasteiger partial charge in [0.15, 0.2) is 0 Å². The average Bonchev–Trinajstić information content (AvgIpc) is 3.19. The van der Waals surface area contributed by atoms with Crippen LogP contribution >= 0.6 is 0 Å². The second-order valence-electron chi connectivity index (χ2n) is 8.17. The number of carbonyl (C=O) groups is 3. The van der Waals surface area contributed by atoms with Gasteiger partial charge in [-0.15, -0.1) is 0 Å². The molecule has 0 radical (unpaired) electrons. The van der Waals surface area contributed by atoms with Gasteiger partial charge in [0.05, 0.1) is 18.4 Å². The van der Waals surface area contributed by atoms with Crippen LogP contribution in [-0.4, -0.2) is 71.5 Å². The largest absolute Gasteiger partial charge is 0.491 e. The summed E-state index contributed by atoms with van der Waals surface area (Å²) in [6.07, 6.45) is -1.91. The summed E-state index contributed by atoms with van der Waals surface area (Å²) in [5.74, 6) is -1.71. The first-order valence-electron chi connectivity index (χ1n) is 11.9. The van der Waals surface area contributed by atoms with E-state index in [0.717, 1.165) is 4.90 Å². The lowest BCUT2D eigenvalue weighted by atomic mass is 10.0. The average molecular weight is 520 g/mol. The Bertz CT molecular complexity index is 1080. The maximum absolute atomic E-state index is 14.3. The van der Waals surface area contributed by atoms with Crippen molar-refractivity contribution in [3.8, 4) is 5.75 Å². The van der Waals surface area contributed by atoms with E-state index in [2.05, 4.69) is 10.6 Å². The van der Waals surface area contributed by atoms with Gasteiger partial charge in [-0.05, 0) is 49.2 Å². The van der Waals surface area contributed by atoms with Crippen molar-refractivity contribution in [1.29, 1.82) is 0 Å². The van der Waals surface area contributed by atoms with Gasteiger partial charge in [0.2, 0.25) is 0 Å². The Morgan fingerprint density at radius 3 is 2.41 bits per heavy atom. The Morgan fingerprint density at radius 2 is 1.84 bits per heavy atom. The molecule has 4 N–H and O–H groups in total. The molecule has 3 rings (SSSR count). The SMILES string of the molecule is CC.COC(C)C(C(=O)Nc1ccc(C)cc1F)N1C(=O)N[C@H](c2ccc(OCC(O)CO)cc2)C1=O. The maximum atomic E-state index is 14.3. The number of aliphatic hydroxyl groups excluding tert-OH is 2. The van der Waals surface area contributed by atoms with Crippen LogP contribution in [0.3, 0.4) is 0 Å². The highest BCUT2D eigenvalue weighted by Crippen LogP contribution is 2.27. The molecule has 11 heteroatoms. The van der Waals surface area contributed by atoms with E-state index in [1.54, 1.807) is 37.3 Å². The number of nitrogens with zero attached hydrogens (tertiary/aromatic N) is 1. The van der Waals surface area contributed by atoms with Crippen LogP contribution in [0, 0.1) is 12.7 Å². The number of carbonyl (C=O) groups excluding carboxylic acids is 3. The molecule has 0 bridgehead atoms. The number of nitrogens with one attached hydrogen (secondary N) is 2. The molecule has 2 aromatic rings. The van der Waals surface area contributed by atoms with Crippen LogP contribution in [-0.2, 0) is 14.3 Å². The van der Waals surface area contributed by atoms with Crippen molar-refractivity contribution >= 4 is 23.5 Å². The van der Waals surface area contributed by atoms with Gasteiger partial charge in [0.25, 0.3) is 11.8 Å². The van der Waals surface area contributed by atoms with Crippen molar-refractivity contribution in [2.24, 2.45) is 0 Å². The van der Waals surface area contributed by atoms with E-state index >= 15 is 0 Å². The normalized spacial score (nSPS) is 17.3. The number of anilines is 1. The number of urea groups is 1. The van der Waals surface area contributed by atoms with Crippen LogP contribution in [0.25, 0.3) is 0 Å². The summed E-state index contributed by atoms with van der Waals surface area (Å²) in [7, 11) is 1.33. The van der Waals surface area contributed by atoms with Crippen LogP contribution in [0.4, 0.5) is 14.9 Å². The molecule has 1 aliphatic heterocycles. The Labute approximate surface area is 215 Å². The predicted octanol–water partition coefficient (Wildman–Crippen LogP) is 2.53. The van der Waals surface area contributed by atoms with Crippen LogP contribution in [0.1, 0.15) is 37.9 Å². The number of aryl methyl sites for hydroxylation is 1. The number of rotatable bonds is 10. The van der Waals surface area contributed by atoms with Crippen LogP contribution in [0.5, 0.6) is 5.75 Å². The molecule has 2 aromatic carbocycles. The summed E-state index contributed by atoms with van der Waals surface area (Å²) < 4.78 is 24.9. The number of ether oxygens (including phenoxy) is 2. The molecule has 1 fully saturated rings. The number of amides is 4. The lowest BCUT2D eigenvalue weighted by Crippen LogP contribution is -2.53. The molecule has 0 aromatic heterocycles. The van der Waals surface area contributed by atoms with Crippen molar-refractivity contribution in [3.05, 3.63) is 59.4 Å². The predicted molar refractivity (Wildman–Crippen MR) is 135 cm³/mol. The molecule has 4 amide bonds. The number of aliphatic hydroxyl groups is 2. The number of methoxy groups -OCH3 is 1. The summed E-state index contributed by atoms with van der Waals surface area (Å²) in [5.41, 5.74) is 1.02. The number of benzene rings is 2. The number of hydrogen-bond donors (Lipinski definition) is 4. The van der Waals surface area contributed by atoms with Gasteiger partial charge in [0.1, 0.15) is 36.4 Å². The molecular formula is C26H34FN3O7. The number of imide groups is 1. The van der Waals surface area contributed by atoms with E-state index in [0.29, 0.717) is 16.9 Å². The summed E-state index contributed by atoms with van der Waals surface area (Å²) in [6.45, 7) is 6.67. The third kappa shape index (κ3) is 7.25. The van der Waals surface area contributed by atoms with Gasteiger partial charge in [-0.2, -0.15) is 0 Å². The van der Waals surface area contributed by atoms with E-state index in [1.165, 1.54) is 26.2 Å². The van der Waals surface area contributed by atoms with Crippen molar-refractivity contribution in [1.82, 2.24) is 10.2 Å². The number of halogens is 1. The molecule has 1 saturated heterocycles. The Balaban J connectivity index is 0.00000235. The molecule has 4 atom stereocenters. The van der Waals surface area contributed by atoms with Gasteiger partial charge in [0, 0.05) is 7.11 Å². The van der Waals surface area contributed by atoms with Crippen molar-refractivity contribution in [2.45, 2.75) is 52.0 Å². The molecule has 10 nitrogen and oxygen atoms in total. The highest BCUT2D eigenvalue weighted by molar-refractivity contribution is 6.09. The van der Waals surface area contributed by atoms with Crippen LogP contribution < -0.4 is 15.4 Å². The first-order chi connectivity index (χ1) is 17.7. The first kappa shape index (κ1) is 29.7. The fourth-order valence-electron chi connectivity index (χ4n) is 3.58. The van der Waals surface area contributed by atoms with Gasteiger partial charge >= 0.3 is 6.03 Å². The summed E-state index contributed by atoms with van der Waals surface area (Å²) in [4.78, 5) is 39.9. The van der Waals surface area contributed by atoms with E-state index in [1.807, 2.05) is 13.8 Å². The fourth-order valence-corrected chi connectivity index (χ4v) is 3.58. The molecule has 202 valence electrons. The minimum Gasteiger partial charge on any atom is -0.491 e. The van der Waals surface area contributed by atoms with E-state index in [-0.39, 0.29) is 12.3 Å². The number of hydrogen-bond acceptors (Lipinski definition) is 7. The first-order valence-corrected chi connectivity index (χ1v) is 11.9. The summed E-state index contributed by atoms with van der Waals surface area (Å²) in [6, 6.07) is 7.27. The molecule has 1 aliphatic rings. The molecular weight excluding hydrogens is 485 g/mol. The summed E-state index contributed by atoms with van der Waals surface area (Å²) >= 11 is 0. The zero-order chi connectivity index (χ0) is 27.7. The van der Waals surface area contributed by atoms with Gasteiger partial charge < -0.3 is 30.3 Å². The van der Waals surface area contributed by atoms with Crippen LogP contribution in [0.15, 0.2) is 42.5 Å². The summed E-state index contributed by atoms with van der Waals surface area (Å²) in [5, 5.41) is 23.2. The van der Waals surface area contributed by atoms with Gasteiger partial charge in [-0.25, -0.2) is 14.1 Å². The highest BCUT2D eigenvalue weighted by atomic mass is 19.1. The smallest absolute Gasteiger partial charge is 0.325 e. The van der Waals surface area contributed by atoms with Crippen molar-refractivity contribution in [2.75, 3.05) is 25.6 Å². The lowest BCUT2D eigenvalue weighted by Gasteiger charge is -2.28. The third-order valence-electron chi connectivity index (χ3n) is 5.58. The second kappa shape index (κ2) is 13.7. The van der Waals surface area contributed by atoms with Crippen LogP contribution in [0.2, 0.25) is 0 Å². The van der Waals surface area contributed by atoms with Gasteiger partial charge in [-0.1, -0.05) is 32.0 Å². The van der Waals surface area contributed by atoms with E-state index in [4.69, 9.17) is 14.6 Å². The van der Waals surface area contributed by atoms with Crippen molar-refractivity contribution in [3.63, 3.8) is 0 Å². The van der Waals surface area contributed by atoms with Gasteiger partial charge in [-0.3, -0.25) is 9.59 Å². The fraction of sp³-hybridized carbons (Fsp3) is 0.423. The molecule has 0 aliphatic carbocycles. The quantitative estimate of drug-likeness (QED) is 0.354. The zero-order valence-corrected chi connectivity index (χ0v) is 21.5. The minimum atomic E-state index is -1.36. The lowest BCUT2D eigenvalue weighted by molar-refractivity contribution is -0.137. The Kier molecular flexibility index (Phi) is 11.0. The van der Waals surface area contributed by atoms with E-state index < -0.39 is 54.6 Å². The Hall–Kier alpha value is -3.54. The Morgan fingerprint density at radius 1 is 1.19 bits per heavy atom.